The fourth-order valence-corrected chi connectivity index (χ4v) is 6.50. The number of halogens is 1. The molecule has 9 nitrogen and oxygen atoms in total. The molecule has 0 saturated carbocycles. The molecule has 0 aliphatic carbocycles. The normalized spacial score (nSPS) is 12.0. The van der Waals surface area contributed by atoms with Gasteiger partial charge in [0.1, 0.15) is 16.1 Å². The molecule has 12 heteroatoms. The average Bonchev–Trinajstić information content (AvgIpc) is 3.39. The van der Waals surface area contributed by atoms with E-state index in [1.165, 1.54) is 12.1 Å². The molecule has 1 unspecified atom stereocenters. The maximum atomic E-state index is 13.9. The lowest BCUT2D eigenvalue weighted by atomic mass is 9.85. The van der Waals surface area contributed by atoms with Gasteiger partial charge in [0.2, 0.25) is 15.9 Å². The molecule has 4 N–H and O–H groups in total. The zero-order chi connectivity index (χ0) is 32.0. The van der Waals surface area contributed by atoms with Crippen LogP contribution in [0, 0.1) is 0 Å². The van der Waals surface area contributed by atoms with E-state index in [1.807, 2.05) is 60.7 Å². The van der Waals surface area contributed by atoms with Crippen LogP contribution in [0.15, 0.2) is 109 Å². The lowest BCUT2D eigenvalue weighted by Crippen LogP contribution is -2.36. The number of thiazole rings is 1. The Hall–Kier alpha value is -4.71. The van der Waals surface area contributed by atoms with Crippen molar-refractivity contribution >= 4 is 61.3 Å². The van der Waals surface area contributed by atoms with E-state index in [9.17, 15) is 23.1 Å². The molecular formula is C33H29ClN4O5S2. The number of nitrogens with zero attached hydrogens (tertiary/aromatic N) is 1. The first kappa shape index (κ1) is 31.7. The van der Waals surface area contributed by atoms with E-state index in [2.05, 4.69) is 20.3 Å². The minimum atomic E-state index is -3.42. The van der Waals surface area contributed by atoms with Gasteiger partial charge in [0.25, 0.3) is 0 Å². The second kappa shape index (κ2) is 13.9. The minimum absolute atomic E-state index is 0.136. The van der Waals surface area contributed by atoms with Crippen molar-refractivity contribution in [2.24, 2.45) is 0 Å². The van der Waals surface area contributed by atoms with E-state index in [1.54, 1.807) is 36.4 Å². The third kappa shape index (κ3) is 8.48. The van der Waals surface area contributed by atoms with E-state index in [0.717, 1.165) is 28.7 Å². The van der Waals surface area contributed by atoms with Crippen molar-refractivity contribution < 1.29 is 23.1 Å². The number of carbonyl (C=O) groups excluding carboxylic acids is 1. The fourth-order valence-electron chi connectivity index (χ4n) is 4.85. The molecule has 0 saturated heterocycles. The molecule has 5 rings (SSSR count). The molecule has 0 radical (unpaired) electrons. The predicted octanol–water partition coefficient (Wildman–Crippen LogP) is 7.17. The zero-order valence-corrected chi connectivity index (χ0v) is 26.4. The van der Waals surface area contributed by atoms with Crippen molar-refractivity contribution in [1.82, 2.24) is 4.98 Å². The quantitative estimate of drug-likeness (QED) is 0.111. The van der Waals surface area contributed by atoms with E-state index in [0.29, 0.717) is 38.5 Å². The number of amides is 1. The topological polar surface area (TPSA) is 137 Å². The number of aromatic nitrogens is 1. The van der Waals surface area contributed by atoms with E-state index >= 15 is 0 Å². The Morgan fingerprint density at radius 1 is 0.844 bits per heavy atom. The van der Waals surface area contributed by atoms with Gasteiger partial charge in [0.05, 0.1) is 11.8 Å². The summed E-state index contributed by atoms with van der Waals surface area (Å²) in [5.41, 5.74) is 4.30. The highest BCUT2D eigenvalue weighted by Crippen LogP contribution is 2.36. The summed E-state index contributed by atoms with van der Waals surface area (Å²) < 4.78 is 25.9. The van der Waals surface area contributed by atoms with Crippen LogP contribution in [-0.2, 0) is 14.8 Å². The van der Waals surface area contributed by atoms with Gasteiger partial charge < -0.3 is 15.7 Å². The molecule has 0 bridgehead atoms. The van der Waals surface area contributed by atoms with Gasteiger partial charge in [-0.3, -0.25) is 9.52 Å². The van der Waals surface area contributed by atoms with Crippen molar-refractivity contribution in [2.75, 3.05) is 21.6 Å². The second-order valence-electron chi connectivity index (χ2n) is 10.3. The minimum Gasteiger partial charge on any atom is -0.478 e. The molecule has 0 aliphatic heterocycles. The lowest BCUT2D eigenvalue weighted by molar-refractivity contribution is -0.117. The maximum Gasteiger partial charge on any atom is 0.335 e. The van der Waals surface area contributed by atoms with Crippen LogP contribution in [0.3, 0.4) is 0 Å². The predicted molar refractivity (Wildman–Crippen MR) is 180 cm³/mol. The Balaban J connectivity index is 1.42. The second-order valence-corrected chi connectivity index (χ2v) is 13.6. The van der Waals surface area contributed by atoms with Gasteiger partial charge in [-0.2, -0.15) is 0 Å². The Morgan fingerprint density at radius 3 is 1.93 bits per heavy atom. The Morgan fingerprint density at radius 2 is 1.40 bits per heavy atom. The van der Waals surface area contributed by atoms with Crippen LogP contribution in [0.2, 0.25) is 4.34 Å². The third-order valence-corrected chi connectivity index (χ3v) is 8.72. The first-order chi connectivity index (χ1) is 21.6. The Kier molecular flexibility index (Phi) is 9.82. The molecule has 1 atom stereocenters. The maximum absolute atomic E-state index is 13.9. The molecule has 1 amide bonds. The smallest absolute Gasteiger partial charge is 0.335 e. The Labute approximate surface area is 270 Å². The molecular weight excluding hydrogens is 632 g/mol. The van der Waals surface area contributed by atoms with Crippen LogP contribution in [0.1, 0.15) is 33.8 Å². The van der Waals surface area contributed by atoms with Crippen LogP contribution in [-0.4, -0.2) is 42.7 Å². The lowest BCUT2D eigenvalue weighted by Gasteiger charge is -2.25. The number of hydrogen-bond donors (Lipinski definition) is 4. The van der Waals surface area contributed by atoms with Crippen molar-refractivity contribution in [3.05, 3.63) is 130 Å². The van der Waals surface area contributed by atoms with E-state index < -0.39 is 22.0 Å². The van der Waals surface area contributed by atoms with Gasteiger partial charge in [-0.05, 0) is 53.9 Å². The highest BCUT2D eigenvalue weighted by Gasteiger charge is 2.27. The fraction of sp³-hybridized carbons (Fsp3) is 0.121. The Bertz CT molecular complexity index is 1840. The summed E-state index contributed by atoms with van der Waals surface area (Å²) in [6.45, 7) is 0. The standard InChI is InChI=1S/C33H29ClN4O5S2/c1-45(42,43)38-26-18-12-23(13-19-26)29-30(34)44-33(36-29)37-31(39)28(35-25-16-14-24(15-17-25)32(40)41)20-27(21-8-4-2-5-9-21)22-10-6-3-7-11-22/h2-19,27-28,35,38H,20H2,1H3,(H,40,41)(H,36,37,39). The number of carboxylic acid groups (broad SMARTS) is 1. The van der Waals surface area contributed by atoms with Crippen LogP contribution in [0.25, 0.3) is 11.3 Å². The van der Waals surface area contributed by atoms with Crippen LogP contribution < -0.4 is 15.4 Å². The first-order valence-electron chi connectivity index (χ1n) is 13.8. The SMILES string of the molecule is CS(=O)(=O)Nc1ccc(-c2nc(NC(=O)C(CC(c3ccccc3)c3ccccc3)Nc3ccc(C(=O)O)cc3)sc2Cl)cc1. The molecule has 5 aromatic rings. The molecule has 45 heavy (non-hydrogen) atoms. The van der Waals surface area contributed by atoms with Gasteiger partial charge in [-0.25, -0.2) is 18.2 Å². The van der Waals surface area contributed by atoms with Crippen molar-refractivity contribution in [2.45, 2.75) is 18.4 Å². The zero-order valence-electron chi connectivity index (χ0n) is 24.0. The van der Waals surface area contributed by atoms with Gasteiger partial charge >= 0.3 is 5.97 Å². The molecule has 230 valence electrons. The number of aromatic carboxylic acids is 1. The molecule has 0 spiro atoms. The highest BCUT2D eigenvalue weighted by molar-refractivity contribution is 7.92. The number of rotatable bonds is 12. The number of anilines is 3. The summed E-state index contributed by atoms with van der Waals surface area (Å²) >= 11 is 7.64. The van der Waals surface area contributed by atoms with E-state index in [4.69, 9.17) is 11.6 Å². The molecule has 1 aromatic heterocycles. The van der Waals surface area contributed by atoms with Crippen LogP contribution >= 0.6 is 22.9 Å². The molecule has 4 aromatic carbocycles. The van der Waals surface area contributed by atoms with Gasteiger partial charge in [0, 0.05) is 22.9 Å². The highest BCUT2D eigenvalue weighted by atomic mass is 35.5. The number of benzene rings is 4. The number of hydrogen-bond acceptors (Lipinski definition) is 7. The first-order valence-corrected chi connectivity index (χ1v) is 16.9. The van der Waals surface area contributed by atoms with Crippen molar-refractivity contribution in [3.63, 3.8) is 0 Å². The van der Waals surface area contributed by atoms with Gasteiger partial charge in [0.15, 0.2) is 5.13 Å². The summed E-state index contributed by atoms with van der Waals surface area (Å²) in [4.78, 5) is 29.9. The van der Waals surface area contributed by atoms with Crippen LogP contribution in [0.4, 0.5) is 16.5 Å². The monoisotopic (exact) mass is 660 g/mol. The number of carbonyl (C=O) groups is 2. The number of sulfonamides is 1. The molecule has 0 fully saturated rings. The summed E-state index contributed by atoms with van der Waals surface area (Å²) in [5, 5.41) is 15.8. The summed E-state index contributed by atoms with van der Waals surface area (Å²) in [6.07, 6.45) is 1.45. The molecule has 1 heterocycles. The van der Waals surface area contributed by atoms with Crippen molar-refractivity contribution in [1.29, 1.82) is 0 Å². The average molecular weight is 661 g/mol. The van der Waals surface area contributed by atoms with Gasteiger partial charge in [-0.15, -0.1) is 0 Å². The molecule has 0 aliphatic rings. The summed E-state index contributed by atoms with van der Waals surface area (Å²) in [7, 11) is -3.42. The summed E-state index contributed by atoms with van der Waals surface area (Å²) in [6, 6.07) is 31.9. The largest absolute Gasteiger partial charge is 0.478 e. The van der Waals surface area contributed by atoms with Crippen LogP contribution in [0.5, 0.6) is 0 Å². The van der Waals surface area contributed by atoms with Crippen molar-refractivity contribution in [3.8, 4) is 11.3 Å². The van der Waals surface area contributed by atoms with E-state index in [-0.39, 0.29) is 17.4 Å². The third-order valence-electron chi connectivity index (χ3n) is 6.94. The number of nitrogens with one attached hydrogen (secondary N) is 3. The summed E-state index contributed by atoms with van der Waals surface area (Å²) in [5.74, 6) is -1.52. The van der Waals surface area contributed by atoms with Gasteiger partial charge in [-0.1, -0.05) is 95.7 Å². The number of carboxylic acids is 1.